The van der Waals surface area contributed by atoms with Crippen LogP contribution in [0.15, 0.2) is 0 Å². The molecule has 1 aliphatic heterocycles. The Balaban J connectivity index is 2.55. The Labute approximate surface area is 67.3 Å². The lowest BCUT2D eigenvalue weighted by molar-refractivity contribution is -0.215. The van der Waals surface area contributed by atoms with Gasteiger partial charge in [0.15, 0.2) is 6.29 Å². The van der Waals surface area contributed by atoms with E-state index in [1.807, 2.05) is 13.8 Å². The highest BCUT2D eigenvalue weighted by Crippen LogP contribution is 2.29. The highest BCUT2D eigenvalue weighted by atomic mass is 16.6. The second-order valence-corrected chi connectivity index (χ2v) is 3.46. The molecule has 0 spiro atoms. The van der Waals surface area contributed by atoms with Crippen molar-refractivity contribution < 1.29 is 14.6 Å². The molecule has 0 saturated carbocycles. The van der Waals surface area contributed by atoms with Gasteiger partial charge >= 0.3 is 0 Å². The summed E-state index contributed by atoms with van der Waals surface area (Å²) in [5, 5.41) is 9.24. The third kappa shape index (κ3) is 2.15. The largest absolute Gasteiger partial charge is 0.378 e. The molecule has 3 heteroatoms. The van der Waals surface area contributed by atoms with Crippen LogP contribution in [0.25, 0.3) is 0 Å². The van der Waals surface area contributed by atoms with Crippen molar-refractivity contribution in [3.8, 4) is 0 Å². The quantitative estimate of drug-likeness (QED) is 0.619. The van der Waals surface area contributed by atoms with E-state index in [0.29, 0.717) is 6.42 Å². The maximum atomic E-state index is 9.24. The summed E-state index contributed by atoms with van der Waals surface area (Å²) in [5.41, 5.74) is -0.211. The molecular formula is C8H16O3. The number of aliphatic hydroxyl groups excluding tert-OH is 1. The zero-order valence-corrected chi connectivity index (χ0v) is 7.33. The van der Waals surface area contributed by atoms with Crippen molar-refractivity contribution in [1.29, 1.82) is 0 Å². The van der Waals surface area contributed by atoms with E-state index in [-0.39, 0.29) is 11.7 Å². The van der Waals surface area contributed by atoms with E-state index in [1.165, 1.54) is 0 Å². The van der Waals surface area contributed by atoms with Gasteiger partial charge in [-0.1, -0.05) is 0 Å². The predicted molar refractivity (Wildman–Crippen MR) is 41.2 cm³/mol. The molecule has 0 unspecified atom stereocenters. The molecule has 0 aromatic rings. The Bertz CT molecular complexity index is 125. The molecule has 1 aliphatic rings. The standard InChI is InChI=1S/C8H16O3/c1-6-4-8(2,10-3)5-7(9)11-6/h6-7,9H,4-5H2,1-3H3/t6-,7+,8+/m0/s1. The first-order chi connectivity index (χ1) is 5.06. The maximum Gasteiger partial charge on any atom is 0.157 e. The van der Waals surface area contributed by atoms with Crippen LogP contribution in [0, 0.1) is 0 Å². The van der Waals surface area contributed by atoms with E-state index in [4.69, 9.17) is 9.47 Å². The third-order valence-electron chi connectivity index (χ3n) is 2.21. The Morgan fingerprint density at radius 2 is 2.18 bits per heavy atom. The summed E-state index contributed by atoms with van der Waals surface area (Å²) >= 11 is 0. The molecule has 3 atom stereocenters. The minimum atomic E-state index is -0.663. The van der Waals surface area contributed by atoms with Crippen molar-refractivity contribution >= 4 is 0 Å². The first-order valence-electron chi connectivity index (χ1n) is 3.94. The molecule has 0 bridgehead atoms. The van der Waals surface area contributed by atoms with Crippen molar-refractivity contribution in [2.75, 3.05) is 7.11 Å². The molecule has 1 fully saturated rings. The van der Waals surface area contributed by atoms with E-state index in [0.717, 1.165) is 6.42 Å². The molecule has 0 aliphatic carbocycles. The summed E-state index contributed by atoms with van der Waals surface area (Å²) < 4.78 is 10.4. The van der Waals surface area contributed by atoms with Crippen LogP contribution in [0.2, 0.25) is 0 Å². The van der Waals surface area contributed by atoms with Gasteiger partial charge in [-0.3, -0.25) is 0 Å². The Morgan fingerprint density at radius 3 is 2.64 bits per heavy atom. The monoisotopic (exact) mass is 160 g/mol. The average Bonchev–Trinajstić information content (AvgIpc) is 1.84. The van der Waals surface area contributed by atoms with Crippen LogP contribution < -0.4 is 0 Å². The number of methoxy groups -OCH3 is 1. The fourth-order valence-corrected chi connectivity index (χ4v) is 1.59. The fraction of sp³-hybridized carbons (Fsp3) is 1.00. The third-order valence-corrected chi connectivity index (χ3v) is 2.21. The molecule has 0 aromatic carbocycles. The summed E-state index contributed by atoms with van der Waals surface area (Å²) in [5.74, 6) is 0. The lowest BCUT2D eigenvalue weighted by atomic mass is 9.92. The van der Waals surface area contributed by atoms with Crippen molar-refractivity contribution in [3.05, 3.63) is 0 Å². The van der Waals surface area contributed by atoms with Gasteiger partial charge in [-0.05, 0) is 13.8 Å². The lowest BCUT2D eigenvalue weighted by Crippen LogP contribution is -2.43. The SMILES string of the molecule is CO[C@]1(C)C[C@H](C)O[C@@H](O)C1. The van der Waals surface area contributed by atoms with Crippen LogP contribution in [-0.4, -0.2) is 30.2 Å². The van der Waals surface area contributed by atoms with Crippen LogP contribution in [0.1, 0.15) is 26.7 Å². The number of rotatable bonds is 1. The normalized spacial score (nSPS) is 45.8. The molecule has 0 radical (unpaired) electrons. The number of ether oxygens (including phenoxy) is 2. The number of hydrogen-bond acceptors (Lipinski definition) is 3. The highest BCUT2D eigenvalue weighted by Gasteiger charge is 2.35. The van der Waals surface area contributed by atoms with Crippen LogP contribution in [0.4, 0.5) is 0 Å². The summed E-state index contributed by atoms with van der Waals surface area (Å²) in [6, 6.07) is 0. The van der Waals surface area contributed by atoms with E-state index < -0.39 is 6.29 Å². The molecule has 1 rings (SSSR count). The van der Waals surface area contributed by atoms with Gasteiger partial charge in [-0.25, -0.2) is 0 Å². The van der Waals surface area contributed by atoms with Crippen LogP contribution in [-0.2, 0) is 9.47 Å². The van der Waals surface area contributed by atoms with Crippen LogP contribution in [0.5, 0.6) is 0 Å². The smallest absolute Gasteiger partial charge is 0.157 e. The second-order valence-electron chi connectivity index (χ2n) is 3.46. The van der Waals surface area contributed by atoms with Crippen LogP contribution in [0.3, 0.4) is 0 Å². The molecule has 1 heterocycles. The molecule has 66 valence electrons. The number of hydrogen-bond donors (Lipinski definition) is 1. The molecule has 0 amide bonds. The minimum absolute atomic E-state index is 0.0868. The summed E-state index contributed by atoms with van der Waals surface area (Å²) in [7, 11) is 1.67. The van der Waals surface area contributed by atoms with Gasteiger partial charge in [-0.2, -0.15) is 0 Å². The van der Waals surface area contributed by atoms with Gasteiger partial charge in [-0.15, -0.1) is 0 Å². The predicted octanol–water partition coefficient (Wildman–Crippen LogP) is 0.909. The molecule has 0 aromatic heterocycles. The van der Waals surface area contributed by atoms with Crippen molar-refractivity contribution in [2.24, 2.45) is 0 Å². The van der Waals surface area contributed by atoms with E-state index in [9.17, 15) is 5.11 Å². The van der Waals surface area contributed by atoms with Gasteiger partial charge in [0.05, 0.1) is 11.7 Å². The van der Waals surface area contributed by atoms with Gasteiger partial charge in [0.25, 0.3) is 0 Å². The zero-order chi connectivity index (χ0) is 8.48. The Morgan fingerprint density at radius 1 is 1.55 bits per heavy atom. The molecule has 3 nitrogen and oxygen atoms in total. The average molecular weight is 160 g/mol. The first kappa shape index (κ1) is 8.97. The number of aliphatic hydroxyl groups is 1. The molecule has 11 heavy (non-hydrogen) atoms. The minimum Gasteiger partial charge on any atom is -0.378 e. The summed E-state index contributed by atoms with van der Waals surface area (Å²) in [6.45, 7) is 3.94. The maximum absolute atomic E-state index is 9.24. The first-order valence-corrected chi connectivity index (χ1v) is 3.94. The topological polar surface area (TPSA) is 38.7 Å². The van der Waals surface area contributed by atoms with Crippen molar-refractivity contribution in [2.45, 2.75) is 44.7 Å². The Kier molecular flexibility index (Phi) is 2.52. The van der Waals surface area contributed by atoms with Gasteiger partial charge in [0, 0.05) is 20.0 Å². The second kappa shape index (κ2) is 3.09. The van der Waals surface area contributed by atoms with Gasteiger partial charge in [0.2, 0.25) is 0 Å². The highest BCUT2D eigenvalue weighted by molar-refractivity contribution is 4.82. The molecular weight excluding hydrogens is 144 g/mol. The molecule has 1 saturated heterocycles. The van der Waals surface area contributed by atoms with Gasteiger partial charge in [0.1, 0.15) is 0 Å². The summed E-state index contributed by atoms with van der Waals surface area (Å²) in [6.07, 6.45) is 0.835. The van der Waals surface area contributed by atoms with E-state index >= 15 is 0 Å². The summed E-state index contributed by atoms with van der Waals surface area (Å²) in [4.78, 5) is 0. The lowest BCUT2D eigenvalue weighted by Gasteiger charge is -2.38. The van der Waals surface area contributed by atoms with E-state index in [1.54, 1.807) is 7.11 Å². The van der Waals surface area contributed by atoms with Crippen LogP contribution >= 0.6 is 0 Å². The van der Waals surface area contributed by atoms with Crippen molar-refractivity contribution in [3.63, 3.8) is 0 Å². The zero-order valence-electron chi connectivity index (χ0n) is 7.33. The van der Waals surface area contributed by atoms with E-state index in [2.05, 4.69) is 0 Å². The molecule has 1 N–H and O–H groups in total. The van der Waals surface area contributed by atoms with Gasteiger partial charge < -0.3 is 14.6 Å². The fourth-order valence-electron chi connectivity index (χ4n) is 1.59. The Hall–Kier alpha value is -0.120. The van der Waals surface area contributed by atoms with Crippen molar-refractivity contribution in [1.82, 2.24) is 0 Å².